The van der Waals surface area contributed by atoms with Crippen LogP contribution in [0.1, 0.15) is 88.0 Å². The lowest BCUT2D eigenvalue weighted by Crippen LogP contribution is -2.11. The van der Waals surface area contributed by atoms with E-state index in [1.54, 1.807) is 24.3 Å². The molecule has 0 amide bonds. The van der Waals surface area contributed by atoms with Gasteiger partial charge in [-0.15, -0.1) is 0 Å². The molecule has 8 aromatic rings. The third kappa shape index (κ3) is 7.40. The van der Waals surface area contributed by atoms with E-state index in [0.29, 0.717) is 28.1 Å². The van der Waals surface area contributed by atoms with Crippen LogP contribution in [0, 0.1) is 6.85 Å². The second-order valence-corrected chi connectivity index (χ2v) is 16.5. The highest BCUT2D eigenvalue weighted by molar-refractivity contribution is 5.97. The van der Waals surface area contributed by atoms with Crippen molar-refractivity contribution in [2.75, 3.05) is 0 Å². The molecular weight excluding hydrogens is 695 g/mol. The summed E-state index contributed by atoms with van der Waals surface area (Å²) in [5, 5.41) is 11.3. The minimum absolute atomic E-state index is 0.0325. The first-order valence-electron chi connectivity index (χ1n) is 21.7. The first-order valence-corrected chi connectivity index (χ1v) is 19.7. The maximum absolute atomic E-state index is 11.3. The van der Waals surface area contributed by atoms with Crippen LogP contribution in [0.4, 0.5) is 0 Å². The van der Waals surface area contributed by atoms with Crippen molar-refractivity contribution in [2.45, 2.75) is 72.5 Å². The lowest BCUT2D eigenvalue weighted by Gasteiger charge is -2.22. The largest absolute Gasteiger partial charge is 0.507 e. The van der Waals surface area contributed by atoms with Crippen molar-refractivity contribution in [3.8, 4) is 67.5 Å². The number of imidazole rings is 1. The van der Waals surface area contributed by atoms with Gasteiger partial charge in [0.05, 0.1) is 28.0 Å². The van der Waals surface area contributed by atoms with Crippen LogP contribution in [-0.2, 0) is 5.41 Å². The van der Waals surface area contributed by atoms with Crippen molar-refractivity contribution in [2.24, 2.45) is 0 Å². The minimum Gasteiger partial charge on any atom is -0.507 e. The number of phenolic OH excluding ortho intramolecular Hbond substituents is 1. The lowest BCUT2D eigenvalue weighted by molar-refractivity contribution is 0.477. The number of nitrogens with zero attached hydrogens (tertiary/aromatic N) is 3. The Bertz CT molecular complexity index is 2910. The Morgan fingerprint density at radius 1 is 0.632 bits per heavy atom. The van der Waals surface area contributed by atoms with Crippen LogP contribution in [-0.4, -0.2) is 19.6 Å². The van der Waals surface area contributed by atoms with Gasteiger partial charge in [0.15, 0.2) is 0 Å². The number of rotatable bonds is 8. The molecule has 0 saturated carbocycles. The fourth-order valence-corrected chi connectivity index (χ4v) is 7.53. The first-order chi connectivity index (χ1) is 28.9. The zero-order valence-electron chi connectivity index (χ0n) is 37.7. The van der Waals surface area contributed by atoms with Crippen LogP contribution in [0.15, 0.2) is 146 Å². The maximum Gasteiger partial charge on any atom is 0.149 e. The second kappa shape index (κ2) is 15.0. The molecule has 2 aromatic heterocycles. The lowest BCUT2D eigenvalue weighted by atomic mass is 9.83. The summed E-state index contributed by atoms with van der Waals surface area (Å²) < 4.78 is 37.4. The van der Waals surface area contributed by atoms with Crippen LogP contribution in [0.25, 0.3) is 72.7 Å². The molecular formula is C53H51N3O. The quantitative estimate of drug-likeness (QED) is 0.168. The van der Waals surface area contributed by atoms with Gasteiger partial charge < -0.3 is 5.11 Å². The standard InChI is InChI=1S/C53H51N3O/c1-33(2)39-26-40(34(3)4)28-41(27-39)37-21-22-48(35(5)25-37)56-49-19-14-18-45(51(49)55-52(56)46-17-12-13-20-50(46)57)42-29-43(31-44(30-42)53(6,7)8)47-32-38(23-24-54-47)36-15-10-9-11-16-36/h9-34,57H,1-8H3/i5D3,33D. The number of hydrogen-bond acceptors (Lipinski definition) is 3. The summed E-state index contributed by atoms with van der Waals surface area (Å²) in [6.07, 6.45) is 1.85. The van der Waals surface area contributed by atoms with Gasteiger partial charge in [0.2, 0.25) is 0 Å². The van der Waals surface area contributed by atoms with Gasteiger partial charge in [-0.3, -0.25) is 9.55 Å². The molecule has 4 heteroatoms. The van der Waals surface area contributed by atoms with E-state index in [1.165, 1.54) is 0 Å². The Morgan fingerprint density at radius 3 is 2.09 bits per heavy atom. The van der Waals surface area contributed by atoms with Crippen molar-refractivity contribution < 1.29 is 10.6 Å². The SMILES string of the molecule is [2H]C([2H])([2H])c1cc(-c2cc(C(C)C)cc(C([2H])(C)C)c2)ccc1-n1c(-c2ccccc2O)nc2c(-c3cc(-c4cc(-c5ccccc5)ccn4)cc(C(C)(C)C)c3)cccc21. The average molecular weight is 750 g/mol. The highest BCUT2D eigenvalue weighted by Gasteiger charge is 2.23. The van der Waals surface area contributed by atoms with Crippen LogP contribution in [0.2, 0.25) is 0 Å². The third-order valence-corrected chi connectivity index (χ3v) is 10.9. The Labute approximate surface area is 343 Å². The second-order valence-electron chi connectivity index (χ2n) is 16.5. The van der Waals surface area contributed by atoms with Gasteiger partial charge >= 0.3 is 0 Å². The number of phenols is 1. The van der Waals surface area contributed by atoms with Gasteiger partial charge in [0, 0.05) is 22.8 Å². The summed E-state index contributed by atoms with van der Waals surface area (Å²) >= 11 is 0. The Morgan fingerprint density at radius 2 is 1.35 bits per heavy atom. The summed E-state index contributed by atoms with van der Waals surface area (Å²) in [7, 11) is 0. The van der Waals surface area contributed by atoms with Crippen LogP contribution in [0.3, 0.4) is 0 Å². The normalized spacial score (nSPS) is 13.3. The predicted octanol–water partition coefficient (Wildman–Crippen LogP) is 14.3. The Hall–Kier alpha value is -6.26. The van der Waals surface area contributed by atoms with Crippen LogP contribution in [0.5, 0.6) is 5.75 Å². The number of pyridine rings is 1. The number of hydrogen-bond donors (Lipinski definition) is 1. The van der Waals surface area contributed by atoms with E-state index < -0.39 is 12.7 Å². The molecule has 0 aliphatic carbocycles. The molecule has 0 atom stereocenters. The Kier molecular flexibility index (Phi) is 8.67. The molecule has 0 fully saturated rings. The van der Waals surface area contributed by atoms with E-state index in [2.05, 4.69) is 89.2 Å². The van der Waals surface area contributed by atoms with Crippen molar-refractivity contribution in [3.05, 3.63) is 168 Å². The van der Waals surface area contributed by atoms with Crippen LogP contribution < -0.4 is 0 Å². The van der Waals surface area contributed by atoms with Crippen molar-refractivity contribution in [1.29, 1.82) is 0 Å². The number of aromatic nitrogens is 3. The van der Waals surface area contributed by atoms with Gasteiger partial charge in [-0.2, -0.15) is 0 Å². The smallest absolute Gasteiger partial charge is 0.149 e. The highest BCUT2D eigenvalue weighted by atomic mass is 16.3. The van der Waals surface area contributed by atoms with Gasteiger partial charge in [0.25, 0.3) is 0 Å². The molecule has 1 N–H and O–H groups in total. The van der Waals surface area contributed by atoms with E-state index in [9.17, 15) is 5.11 Å². The molecule has 6 aromatic carbocycles. The molecule has 0 unspecified atom stereocenters. The number of para-hydroxylation sites is 2. The van der Waals surface area contributed by atoms with E-state index in [0.717, 1.165) is 61.3 Å². The number of aryl methyl sites for hydroxylation is 1. The molecule has 0 radical (unpaired) electrons. The van der Waals surface area contributed by atoms with Gasteiger partial charge in [-0.25, -0.2) is 4.98 Å². The molecule has 0 bridgehead atoms. The van der Waals surface area contributed by atoms with Gasteiger partial charge in [-0.05, 0) is 129 Å². The summed E-state index contributed by atoms with van der Waals surface area (Å²) in [5.74, 6) is -0.179. The maximum atomic E-state index is 11.3. The van der Waals surface area contributed by atoms with E-state index in [4.69, 9.17) is 15.5 Å². The zero-order chi connectivity index (χ0) is 43.4. The minimum atomic E-state index is -2.51. The molecule has 0 saturated heterocycles. The van der Waals surface area contributed by atoms with Crippen molar-refractivity contribution >= 4 is 11.0 Å². The molecule has 0 aliphatic rings. The molecule has 4 nitrogen and oxygen atoms in total. The topological polar surface area (TPSA) is 50.9 Å². The highest BCUT2D eigenvalue weighted by Crippen LogP contribution is 2.41. The summed E-state index contributed by atoms with van der Waals surface area (Å²) in [6.45, 7) is 12.1. The van der Waals surface area contributed by atoms with E-state index in [-0.39, 0.29) is 22.6 Å². The number of aromatic hydroxyl groups is 1. The average Bonchev–Trinajstić information content (AvgIpc) is 3.62. The molecule has 8 rings (SSSR count). The molecule has 0 aliphatic heterocycles. The fraction of sp³-hybridized carbons (Fsp3) is 0.208. The number of fused-ring (bicyclic) bond motifs is 1. The van der Waals surface area contributed by atoms with Crippen molar-refractivity contribution in [1.82, 2.24) is 14.5 Å². The Balaban J connectivity index is 1.37. The molecule has 284 valence electrons. The molecule has 0 spiro atoms. The monoisotopic (exact) mass is 749 g/mol. The number of benzene rings is 6. The third-order valence-electron chi connectivity index (χ3n) is 10.9. The molecule has 2 heterocycles. The summed E-state index contributed by atoms with van der Waals surface area (Å²) in [5.41, 5.74) is 12.7. The summed E-state index contributed by atoms with van der Waals surface area (Å²) in [4.78, 5) is 10.1. The van der Waals surface area contributed by atoms with E-state index in [1.807, 2.05) is 85.3 Å². The van der Waals surface area contributed by atoms with E-state index >= 15 is 0 Å². The first kappa shape index (κ1) is 32.9. The predicted molar refractivity (Wildman–Crippen MR) is 239 cm³/mol. The van der Waals surface area contributed by atoms with Gasteiger partial charge in [-0.1, -0.05) is 133 Å². The zero-order valence-corrected chi connectivity index (χ0v) is 33.7. The van der Waals surface area contributed by atoms with Gasteiger partial charge in [0.1, 0.15) is 11.6 Å². The molecule has 57 heavy (non-hydrogen) atoms. The fourth-order valence-electron chi connectivity index (χ4n) is 7.53. The summed E-state index contributed by atoms with van der Waals surface area (Å²) in [6, 6.07) is 45.7. The van der Waals surface area contributed by atoms with Crippen molar-refractivity contribution in [3.63, 3.8) is 0 Å². The van der Waals surface area contributed by atoms with Crippen LogP contribution >= 0.6 is 0 Å².